The summed E-state index contributed by atoms with van der Waals surface area (Å²) in [5.41, 5.74) is 0. The fourth-order valence-electron chi connectivity index (χ4n) is 1.29. The molecule has 80 valence electrons. The van der Waals surface area contributed by atoms with Crippen molar-refractivity contribution in [2.45, 2.75) is 25.0 Å². The quantitative estimate of drug-likeness (QED) is 0.634. The average molecular weight is 203 g/mol. The molecule has 1 aliphatic heterocycles. The van der Waals surface area contributed by atoms with Gasteiger partial charge in [-0.1, -0.05) is 0 Å². The van der Waals surface area contributed by atoms with E-state index in [0.29, 0.717) is 12.8 Å². The first kappa shape index (κ1) is 10.9. The summed E-state index contributed by atoms with van der Waals surface area (Å²) in [6.45, 7) is 0. The van der Waals surface area contributed by atoms with Crippen molar-refractivity contribution in [2.75, 3.05) is 14.2 Å². The fraction of sp³-hybridized carbons (Fsp3) is 0.750. The highest BCUT2D eigenvalue weighted by atomic mass is 16.7. The van der Waals surface area contributed by atoms with E-state index in [2.05, 4.69) is 4.84 Å². The van der Waals surface area contributed by atoms with Crippen molar-refractivity contribution in [1.29, 1.82) is 0 Å². The molecule has 1 aliphatic rings. The van der Waals surface area contributed by atoms with Gasteiger partial charge in [-0.15, -0.1) is 0 Å². The molecule has 1 fully saturated rings. The number of carbonyl (C=O) groups excluding carboxylic acids is 1. The first-order valence-electron chi connectivity index (χ1n) is 4.26. The van der Waals surface area contributed by atoms with E-state index in [1.54, 1.807) is 0 Å². The zero-order valence-corrected chi connectivity index (χ0v) is 8.10. The summed E-state index contributed by atoms with van der Waals surface area (Å²) >= 11 is 0. The van der Waals surface area contributed by atoms with Gasteiger partial charge in [0.25, 0.3) is 5.91 Å². The molecule has 6 heteroatoms. The third-order valence-corrected chi connectivity index (χ3v) is 2.15. The van der Waals surface area contributed by atoms with Gasteiger partial charge >= 0.3 is 5.97 Å². The van der Waals surface area contributed by atoms with E-state index in [1.165, 1.54) is 14.2 Å². The van der Waals surface area contributed by atoms with Crippen LogP contribution >= 0.6 is 0 Å². The standard InChI is InChI=1S/C8H13NO5/c1-9(13-2)7(10)5-3-4-6(14-5)8(11)12/h5-6H,3-4H2,1-2H3,(H,11,12)/t5-,6+/m0/s1. The number of hydrogen-bond acceptors (Lipinski definition) is 4. The van der Waals surface area contributed by atoms with Gasteiger partial charge in [-0.3, -0.25) is 9.63 Å². The second-order valence-electron chi connectivity index (χ2n) is 3.05. The fourth-order valence-corrected chi connectivity index (χ4v) is 1.29. The van der Waals surface area contributed by atoms with Crippen molar-refractivity contribution in [3.05, 3.63) is 0 Å². The van der Waals surface area contributed by atoms with Crippen LogP contribution in [0.2, 0.25) is 0 Å². The van der Waals surface area contributed by atoms with Crippen LogP contribution in [0.4, 0.5) is 0 Å². The lowest BCUT2D eigenvalue weighted by atomic mass is 10.2. The van der Waals surface area contributed by atoms with Crippen LogP contribution in [-0.2, 0) is 19.2 Å². The molecule has 1 amide bonds. The highest BCUT2D eigenvalue weighted by Gasteiger charge is 2.36. The minimum Gasteiger partial charge on any atom is -0.479 e. The van der Waals surface area contributed by atoms with Crippen LogP contribution in [-0.4, -0.2) is 48.4 Å². The van der Waals surface area contributed by atoms with Crippen molar-refractivity contribution < 1.29 is 24.3 Å². The molecule has 0 aliphatic carbocycles. The lowest BCUT2D eigenvalue weighted by Gasteiger charge is -2.17. The molecule has 1 saturated heterocycles. The van der Waals surface area contributed by atoms with Crippen LogP contribution in [0.3, 0.4) is 0 Å². The Bertz CT molecular complexity index is 242. The monoisotopic (exact) mass is 203 g/mol. The van der Waals surface area contributed by atoms with Crippen molar-refractivity contribution in [1.82, 2.24) is 5.06 Å². The number of carboxylic acid groups (broad SMARTS) is 1. The number of carboxylic acids is 1. The smallest absolute Gasteiger partial charge is 0.332 e. The number of nitrogens with zero attached hydrogens (tertiary/aromatic N) is 1. The molecule has 1 heterocycles. The van der Waals surface area contributed by atoms with Crippen molar-refractivity contribution in [3.8, 4) is 0 Å². The number of rotatable bonds is 3. The molecule has 1 rings (SSSR count). The van der Waals surface area contributed by atoms with Gasteiger partial charge in [0.15, 0.2) is 6.10 Å². The number of hydroxylamine groups is 2. The van der Waals surface area contributed by atoms with Gasteiger partial charge in [-0.05, 0) is 12.8 Å². The van der Waals surface area contributed by atoms with E-state index >= 15 is 0 Å². The number of hydrogen-bond donors (Lipinski definition) is 1. The highest BCUT2D eigenvalue weighted by Crippen LogP contribution is 2.21. The maximum absolute atomic E-state index is 11.4. The number of aliphatic carboxylic acids is 1. The maximum Gasteiger partial charge on any atom is 0.332 e. The molecule has 0 bridgehead atoms. The van der Waals surface area contributed by atoms with E-state index in [0.717, 1.165) is 5.06 Å². The molecule has 1 N–H and O–H groups in total. The Kier molecular flexibility index (Phi) is 3.43. The van der Waals surface area contributed by atoms with Crippen molar-refractivity contribution in [2.24, 2.45) is 0 Å². The summed E-state index contributed by atoms with van der Waals surface area (Å²) in [4.78, 5) is 26.6. The Labute approximate surface area is 81.3 Å². The zero-order chi connectivity index (χ0) is 10.7. The van der Waals surface area contributed by atoms with Crippen molar-refractivity contribution in [3.63, 3.8) is 0 Å². The Morgan fingerprint density at radius 2 is 2.00 bits per heavy atom. The molecule has 0 aromatic carbocycles. The topological polar surface area (TPSA) is 76.1 Å². The Hall–Kier alpha value is -1.14. The van der Waals surface area contributed by atoms with Gasteiger partial charge in [0, 0.05) is 7.05 Å². The molecule has 2 atom stereocenters. The maximum atomic E-state index is 11.4. The highest BCUT2D eigenvalue weighted by molar-refractivity contribution is 5.81. The van der Waals surface area contributed by atoms with E-state index in [-0.39, 0.29) is 5.91 Å². The first-order valence-corrected chi connectivity index (χ1v) is 4.26. The third-order valence-electron chi connectivity index (χ3n) is 2.15. The Balaban J connectivity index is 2.49. The molecule has 0 spiro atoms. The summed E-state index contributed by atoms with van der Waals surface area (Å²) < 4.78 is 5.04. The molecule has 0 aromatic heterocycles. The van der Waals surface area contributed by atoms with E-state index < -0.39 is 18.2 Å². The molecular formula is C8H13NO5. The minimum absolute atomic E-state index is 0.351. The second-order valence-corrected chi connectivity index (χ2v) is 3.05. The molecule has 14 heavy (non-hydrogen) atoms. The molecule has 0 saturated carbocycles. The largest absolute Gasteiger partial charge is 0.479 e. The van der Waals surface area contributed by atoms with Crippen LogP contribution in [0.15, 0.2) is 0 Å². The van der Waals surface area contributed by atoms with Crippen LogP contribution < -0.4 is 0 Å². The Morgan fingerprint density at radius 1 is 1.43 bits per heavy atom. The lowest BCUT2D eigenvalue weighted by Crippen LogP contribution is -2.36. The predicted octanol–water partition coefficient (Wildman–Crippen LogP) is -0.362. The Morgan fingerprint density at radius 3 is 2.43 bits per heavy atom. The lowest BCUT2D eigenvalue weighted by molar-refractivity contribution is -0.181. The van der Waals surface area contributed by atoms with E-state index in [1.807, 2.05) is 0 Å². The van der Waals surface area contributed by atoms with Gasteiger partial charge in [0.1, 0.15) is 6.10 Å². The number of likely N-dealkylation sites (N-methyl/N-ethyl adjacent to an activating group) is 1. The van der Waals surface area contributed by atoms with Gasteiger partial charge in [0.2, 0.25) is 0 Å². The van der Waals surface area contributed by atoms with Crippen molar-refractivity contribution >= 4 is 11.9 Å². The average Bonchev–Trinajstić information content (AvgIpc) is 2.64. The molecule has 0 unspecified atom stereocenters. The first-order chi connectivity index (χ1) is 6.56. The third kappa shape index (κ3) is 2.21. The summed E-state index contributed by atoms with van der Waals surface area (Å²) in [7, 11) is 2.82. The van der Waals surface area contributed by atoms with Crippen LogP contribution in [0.5, 0.6) is 0 Å². The molecule has 0 aromatic rings. The molecule has 0 radical (unpaired) electrons. The molecule has 6 nitrogen and oxygen atoms in total. The summed E-state index contributed by atoms with van der Waals surface area (Å²) in [5, 5.41) is 9.66. The SMILES string of the molecule is CON(C)C(=O)[C@@H]1CC[C@H](C(=O)O)O1. The molecular weight excluding hydrogens is 190 g/mol. The second kappa shape index (κ2) is 4.39. The summed E-state index contributed by atoms with van der Waals surface area (Å²) in [6.07, 6.45) is -0.775. The van der Waals surface area contributed by atoms with Gasteiger partial charge in [0.05, 0.1) is 7.11 Å². The number of ether oxygens (including phenoxy) is 1. The van der Waals surface area contributed by atoms with E-state index in [4.69, 9.17) is 9.84 Å². The normalized spacial score (nSPS) is 26.1. The summed E-state index contributed by atoms with van der Waals surface area (Å²) in [6, 6.07) is 0. The van der Waals surface area contributed by atoms with Crippen LogP contribution in [0, 0.1) is 0 Å². The minimum atomic E-state index is -1.03. The summed E-state index contributed by atoms with van der Waals surface area (Å²) in [5.74, 6) is -1.38. The number of carbonyl (C=O) groups is 2. The van der Waals surface area contributed by atoms with Crippen LogP contribution in [0.1, 0.15) is 12.8 Å². The zero-order valence-electron chi connectivity index (χ0n) is 8.10. The van der Waals surface area contributed by atoms with Gasteiger partial charge in [-0.25, -0.2) is 9.86 Å². The predicted molar refractivity (Wildman–Crippen MR) is 45.3 cm³/mol. The van der Waals surface area contributed by atoms with Gasteiger partial charge < -0.3 is 9.84 Å². The van der Waals surface area contributed by atoms with Crippen LogP contribution in [0.25, 0.3) is 0 Å². The number of amides is 1. The van der Waals surface area contributed by atoms with E-state index in [9.17, 15) is 9.59 Å². The van der Waals surface area contributed by atoms with Gasteiger partial charge in [-0.2, -0.15) is 0 Å².